The highest BCUT2D eigenvalue weighted by atomic mass is 15.0. The van der Waals surface area contributed by atoms with E-state index < -0.39 is 0 Å². The monoisotopic (exact) mass is 820 g/mol. The summed E-state index contributed by atoms with van der Waals surface area (Å²) in [7, 11) is 0. The third-order valence-electron chi connectivity index (χ3n) is 12.3. The molecule has 64 heavy (non-hydrogen) atoms. The maximum atomic E-state index is 4.73. The third-order valence-corrected chi connectivity index (χ3v) is 12.3. The Kier molecular flexibility index (Phi) is 11.0. The number of rotatable bonds is 12. The number of hydrogen-bond donors (Lipinski definition) is 0. The van der Waals surface area contributed by atoms with Crippen LogP contribution in [0, 0.1) is 0 Å². The fourth-order valence-corrected chi connectivity index (χ4v) is 9.09. The van der Waals surface area contributed by atoms with Crippen LogP contribution in [0.4, 0.5) is 0 Å². The van der Waals surface area contributed by atoms with E-state index >= 15 is 0 Å². The summed E-state index contributed by atoms with van der Waals surface area (Å²) in [5.41, 5.74) is 16.9. The lowest BCUT2D eigenvalue weighted by molar-refractivity contribution is 1.18. The molecule has 2 nitrogen and oxygen atoms in total. The Bertz CT molecular complexity index is 3310. The first-order valence-electron chi connectivity index (χ1n) is 22.0. The van der Waals surface area contributed by atoms with Gasteiger partial charge in [-0.1, -0.05) is 183 Å². The molecule has 0 bridgehead atoms. The zero-order chi connectivity index (χ0) is 43.4. The van der Waals surface area contributed by atoms with Gasteiger partial charge in [-0.15, -0.1) is 0 Å². The average Bonchev–Trinajstić information content (AvgIpc) is 3.87. The zero-order valence-electron chi connectivity index (χ0n) is 36.0. The summed E-state index contributed by atoms with van der Waals surface area (Å²) in [5, 5.41) is 5.02. The Morgan fingerprint density at radius 2 is 0.953 bits per heavy atom. The highest BCUT2D eigenvalue weighted by molar-refractivity contribution is 6.10. The van der Waals surface area contributed by atoms with Crippen LogP contribution in [0.1, 0.15) is 24.5 Å². The molecule has 2 aromatic heterocycles. The van der Waals surface area contributed by atoms with E-state index in [-0.39, 0.29) is 0 Å². The van der Waals surface area contributed by atoms with Gasteiger partial charge in [-0.2, -0.15) is 0 Å². The van der Waals surface area contributed by atoms with Crippen molar-refractivity contribution in [3.05, 3.63) is 266 Å². The fourth-order valence-electron chi connectivity index (χ4n) is 9.09. The summed E-state index contributed by atoms with van der Waals surface area (Å²) in [4.78, 5) is 0. The molecular weight excluding hydrogens is 773 g/mol. The van der Waals surface area contributed by atoms with Crippen molar-refractivity contribution in [3.8, 4) is 27.9 Å². The van der Waals surface area contributed by atoms with Gasteiger partial charge in [0.1, 0.15) is 0 Å². The predicted molar refractivity (Wildman–Crippen MR) is 277 cm³/mol. The van der Waals surface area contributed by atoms with Crippen LogP contribution >= 0.6 is 0 Å². The number of aromatic nitrogens is 2. The van der Waals surface area contributed by atoms with Crippen molar-refractivity contribution in [2.45, 2.75) is 13.3 Å². The molecule has 2 heteroatoms. The maximum absolute atomic E-state index is 4.73. The minimum absolute atomic E-state index is 0.751. The minimum atomic E-state index is 0.751. The number of hydrogen-bond acceptors (Lipinski definition) is 0. The molecule has 0 saturated carbocycles. The third kappa shape index (κ3) is 7.79. The van der Waals surface area contributed by atoms with E-state index in [1.165, 1.54) is 54.7 Å². The maximum Gasteiger partial charge on any atom is 0.0541 e. The largest absolute Gasteiger partial charge is 0.316 e. The van der Waals surface area contributed by atoms with Crippen molar-refractivity contribution in [1.29, 1.82) is 0 Å². The standard InChI is InChI=1S/C62H48N2/c1-4-46(21-19-20-38-63-59-30-15-11-26-55(59)56-27-12-16-31-60(56)63)44(2)39-51(49-34-36-54(37-35-49)64-61-32-17-13-28-57(61)58-29-14-18-33-62(58)64)40-45(3)50-41-52(47-22-7-5-8-23-47)43-53(42-50)48-24-9-6-10-25-48/h4-18,20-43H,1,3,19H2,2H3/b38-20+,44-39+,46-21?,51-40+. The second kappa shape index (κ2) is 17.6. The molecular formula is C62H48N2. The molecule has 0 spiro atoms. The highest BCUT2D eigenvalue weighted by Crippen LogP contribution is 2.36. The summed E-state index contributed by atoms with van der Waals surface area (Å²) in [6.45, 7) is 11.2. The van der Waals surface area contributed by atoms with Gasteiger partial charge in [0.05, 0.1) is 22.1 Å². The Morgan fingerprint density at radius 1 is 0.484 bits per heavy atom. The van der Waals surface area contributed by atoms with E-state index in [9.17, 15) is 0 Å². The van der Waals surface area contributed by atoms with Crippen LogP contribution < -0.4 is 0 Å². The molecule has 2 heterocycles. The van der Waals surface area contributed by atoms with Crippen molar-refractivity contribution in [2.24, 2.45) is 0 Å². The predicted octanol–water partition coefficient (Wildman–Crippen LogP) is 16.9. The first-order valence-corrected chi connectivity index (χ1v) is 22.0. The molecule has 0 aliphatic heterocycles. The van der Waals surface area contributed by atoms with Gasteiger partial charge in [0.2, 0.25) is 0 Å². The van der Waals surface area contributed by atoms with Crippen molar-refractivity contribution in [2.75, 3.05) is 0 Å². The van der Waals surface area contributed by atoms with Gasteiger partial charge in [-0.25, -0.2) is 0 Å². The molecule has 0 aliphatic rings. The lowest BCUT2D eigenvalue weighted by Gasteiger charge is -2.14. The van der Waals surface area contributed by atoms with E-state index in [0.717, 1.165) is 56.7 Å². The summed E-state index contributed by atoms with van der Waals surface area (Å²) >= 11 is 0. The van der Waals surface area contributed by atoms with Gasteiger partial charge in [-0.3, -0.25) is 0 Å². The quantitative estimate of drug-likeness (QED) is 0.109. The van der Waals surface area contributed by atoms with Crippen molar-refractivity contribution in [1.82, 2.24) is 9.13 Å². The second-order valence-electron chi connectivity index (χ2n) is 16.3. The summed E-state index contributed by atoms with van der Waals surface area (Å²) in [6, 6.07) is 71.5. The summed E-state index contributed by atoms with van der Waals surface area (Å²) < 4.78 is 4.66. The molecule has 8 aromatic carbocycles. The smallest absolute Gasteiger partial charge is 0.0541 e. The van der Waals surface area contributed by atoms with Crippen LogP contribution in [0.2, 0.25) is 0 Å². The van der Waals surface area contributed by atoms with Crippen molar-refractivity contribution in [3.63, 3.8) is 0 Å². The Hall–Kier alpha value is -8.20. The van der Waals surface area contributed by atoms with Crippen LogP contribution in [0.3, 0.4) is 0 Å². The zero-order valence-corrected chi connectivity index (χ0v) is 36.0. The first-order chi connectivity index (χ1) is 31.5. The number of para-hydroxylation sites is 4. The molecule has 0 N–H and O–H groups in total. The molecule has 0 atom stereocenters. The van der Waals surface area contributed by atoms with E-state index in [2.05, 4.69) is 253 Å². The minimum Gasteiger partial charge on any atom is -0.316 e. The number of benzene rings is 8. The average molecular weight is 821 g/mol. The van der Waals surface area contributed by atoms with E-state index in [1.807, 2.05) is 6.08 Å². The lowest BCUT2D eigenvalue weighted by atomic mass is 9.91. The van der Waals surface area contributed by atoms with Crippen LogP contribution in [0.5, 0.6) is 0 Å². The lowest BCUT2D eigenvalue weighted by Crippen LogP contribution is -1.95. The van der Waals surface area contributed by atoms with E-state index in [1.54, 1.807) is 0 Å². The number of allylic oxidation sites excluding steroid dienone is 9. The molecule has 0 amide bonds. The molecule has 0 unspecified atom stereocenters. The molecule has 0 fully saturated rings. The van der Waals surface area contributed by atoms with Gasteiger partial charge >= 0.3 is 0 Å². The van der Waals surface area contributed by atoms with E-state index in [4.69, 9.17) is 6.58 Å². The number of fused-ring (bicyclic) bond motifs is 6. The van der Waals surface area contributed by atoms with Gasteiger partial charge in [0.15, 0.2) is 0 Å². The summed E-state index contributed by atoms with van der Waals surface area (Å²) in [5.74, 6) is 0. The molecule has 0 aliphatic carbocycles. The van der Waals surface area contributed by atoms with Gasteiger partial charge in [0, 0.05) is 33.4 Å². The Balaban J connectivity index is 1.04. The SMILES string of the molecule is C=CC(=CC/C=C/n1c2ccccc2c2ccccc21)/C(C)=C/C(=C\C(=C)c1cc(-c2ccccc2)cc(-c2ccccc2)c1)c1ccc(-n2c3ccccc3c3ccccc32)cc1. The topological polar surface area (TPSA) is 9.86 Å². The normalized spacial score (nSPS) is 12.5. The van der Waals surface area contributed by atoms with E-state index in [0.29, 0.717) is 0 Å². The molecule has 306 valence electrons. The van der Waals surface area contributed by atoms with Crippen molar-refractivity contribution >= 4 is 61.0 Å². The van der Waals surface area contributed by atoms with Crippen LogP contribution in [-0.2, 0) is 0 Å². The first kappa shape index (κ1) is 39.9. The van der Waals surface area contributed by atoms with Crippen LogP contribution in [0.15, 0.2) is 255 Å². The molecule has 0 saturated heterocycles. The van der Waals surface area contributed by atoms with Crippen LogP contribution in [-0.4, -0.2) is 9.13 Å². The van der Waals surface area contributed by atoms with Crippen LogP contribution in [0.25, 0.3) is 88.9 Å². The van der Waals surface area contributed by atoms with Crippen molar-refractivity contribution < 1.29 is 0 Å². The fraction of sp³-hybridized carbons (Fsp3) is 0.0323. The van der Waals surface area contributed by atoms with Gasteiger partial charge in [-0.05, 0) is 130 Å². The Labute approximate surface area is 375 Å². The Morgan fingerprint density at radius 3 is 1.47 bits per heavy atom. The molecule has 0 radical (unpaired) electrons. The molecule has 10 aromatic rings. The van der Waals surface area contributed by atoms with Gasteiger partial charge in [0.25, 0.3) is 0 Å². The second-order valence-corrected chi connectivity index (χ2v) is 16.3. The number of nitrogens with zero attached hydrogens (tertiary/aromatic N) is 2. The highest BCUT2D eigenvalue weighted by Gasteiger charge is 2.14. The summed E-state index contributed by atoms with van der Waals surface area (Å²) in [6.07, 6.45) is 13.9. The molecule has 10 rings (SSSR count). The van der Waals surface area contributed by atoms with Gasteiger partial charge < -0.3 is 9.13 Å².